The number of nitrogens with one attached hydrogen (secondary N) is 1. The Morgan fingerprint density at radius 2 is 1.75 bits per heavy atom. The fourth-order valence-electron chi connectivity index (χ4n) is 1.86. The SMILES string of the molecule is C=C(C)C(=O)ONCCC[N+](C)(C)CCCCCC.[Cl-]. The molecule has 0 aromatic rings. The van der Waals surface area contributed by atoms with Crippen LogP contribution in [-0.4, -0.2) is 44.2 Å². The summed E-state index contributed by atoms with van der Waals surface area (Å²) in [7, 11) is 4.51. The summed E-state index contributed by atoms with van der Waals surface area (Å²) in [5, 5.41) is 0. The normalized spacial score (nSPS) is 10.8. The monoisotopic (exact) mass is 306 g/mol. The zero-order valence-electron chi connectivity index (χ0n) is 13.5. The number of halogens is 1. The first-order valence-corrected chi connectivity index (χ1v) is 7.30. The van der Waals surface area contributed by atoms with E-state index in [2.05, 4.69) is 33.1 Å². The average Bonchev–Trinajstić information content (AvgIpc) is 2.33. The third kappa shape index (κ3) is 12.5. The van der Waals surface area contributed by atoms with E-state index in [9.17, 15) is 4.79 Å². The van der Waals surface area contributed by atoms with Crippen LogP contribution >= 0.6 is 0 Å². The van der Waals surface area contributed by atoms with E-state index in [1.165, 1.54) is 32.2 Å². The molecule has 0 amide bonds. The van der Waals surface area contributed by atoms with Gasteiger partial charge < -0.3 is 21.7 Å². The molecule has 5 heteroatoms. The van der Waals surface area contributed by atoms with Crippen LogP contribution in [0.25, 0.3) is 0 Å². The molecule has 0 unspecified atom stereocenters. The van der Waals surface area contributed by atoms with E-state index >= 15 is 0 Å². The van der Waals surface area contributed by atoms with Gasteiger partial charge in [-0.15, -0.1) is 0 Å². The summed E-state index contributed by atoms with van der Waals surface area (Å²) >= 11 is 0. The summed E-state index contributed by atoms with van der Waals surface area (Å²) in [6.07, 6.45) is 6.22. The minimum atomic E-state index is -0.381. The van der Waals surface area contributed by atoms with Crippen molar-refractivity contribution in [3.05, 3.63) is 12.2 Å². The highest BCUT2D eigenvalue weighted by molar-refractivity contribution is 5.86. The maximum Gasteiger partial charge on any atom is 0.351 e. The second kappa shape index (κ2) is 12.2. The number of carbonyl (C=O) groups is 1. The van der Waals surface area contributed by atoms with Crippen LogP contribution in [0.2, 0.25) is 0 Å². The van der Waals surface area contributed by atoms with Gasteiger partial charge in [0, 0.05) is 18.5 Å². The van der Waals surface area contributed by atoms with Crippen molar-refractivity contribution in [2.45, 2.75) is 46.0 Å². The molecule has 0 atom stereocenters. The molecule has 120 valence electrons. The quantitative estimate of drug-likeness (QED) is 0.246. The van der Waals surface area contributed by atoms with Crippen molar-refractivity contribution < 1.29 is 26.5 Å². The van der Waals surface area contributed by atoms with Gasteiger partial charge in [-0.3, -0.25) is 0 Å². The Kier molecular flexibility index (Phi) is 13.2. The summed E-state index contributed by atoms with van der Waals surface area (Å²) in [5.41, 5.74) is 3.11. The Balaban J connectivity index is 0. The van der Waals surface area contributed by atoms with Crippen molar-refractivity contribution in [2.75, 3.05) is 33.7 Å². The third-order valence-electron chi connectivity index (χ3n) is 3.17. The van der Waals surface area contributed by atoms with Crippen molar-refractivity contribution >= 4 is 5.97 Å². The molecule has 1 N–H and O–H groups in total. The zero-order chi connectivity index (χ0) is 14.7. The molecule has 0 aromatic heterocycles. The summed E-state index contributed by atoms with van der Waals surface area (Å²) < 4.78 is 1.03. The van der Waals surface area contributed by atoms with Gasteiger partial charge in [-0.2, -0.15) is 5.48 Å². The fraction of sp³-hybridized carbons (Fsp3) is 0.800. The molecular formula is C15H31ClN2O2. The van der Waals surface area contributed by atoms with E-state index in [-0.39, 0.29) is 18.4 Å². The molecular weight excluding hydrogens is 276 g/mol. The van der Waals surface area contributed by atoms with E-state index < -0.39 is 0 Å². The van der Waals surface area contributed by atoms with E-state index in [4.69, 9.17) is 4.84 Å². The number of rotatable bonds is 11. The Hall–Kier alpha value is -0.580. The van der Waals surface area contributed by atoms with Crippen LogP contribution < -0.4 is 17.9 Å². The largest absolute Gasteiger partial charge is 1.00 e. The predicted octanol–water partition coefficient (Wildman–Crippen LogP) is -0.339. The summed E-state index contributed by atoms with van der Waals surface area (Å²) in [6.45, 7) is 10.4. The first-order valence-electron chi connectivity index (χ1n) is 7.30. The standard InChI is InChI=1S/C15H31N2O2.ClH/c1-6-7-8-9-12-17(4,5)13-10-11-16-19-15(18)14(2)3;/h16H,2,6-13H2,1,3-5H3;1H/q+1;/p-1. The van der Waals surface area contributed by atoms with Crippen LogP contribution in [0.15, 0.2) is 12.2 Å². The van der Waals surface area contributed by atoms with Crippen molar-refractivity contribution in [1.82, 2.24) is 5.48 Å². The molecule has 0 aliphatic carbocycles. The van der Waals surface area contributed by atoms with Gasteiger partial charge in [-0.25, -0.2) is 4.79 Å². The molecule has 20 heavy (non-hydrogen) atoms. The van der Waals surface area contributed by atoms with E-state index in [0.717, 1.165) is 17.4 Å². The summed E-state index contributed by atoms with van der Waals surface area (Å²) in [6, 6.07) is 0. The molecule has 4 nitrogen and oxygen atoms in total. The van der Waals surface area contributed by atoms with E-state index in [1.807, 2.05) is 0 Å². The van der Waals surface area contributed by atoms with Gasteiger partial charge in [0.1, 0.15) is 0 Å². The van der Waals surface area contributed by atoms with E-state index in [0.29, 0.717) is 12.1 Å². The molecule has 0 aromatic carbocycles. The molecule has 0 saturated carbocycles. The topological polar surface area (TPSA) is 38.3 Å². The van der Waals surface area contributed by atoms with Crippen LogP contribution in [0.3, 0.4) is 0 Å². The lowest BCUT2D eigenvalue weighted by molar-refractivity contribution is -0.890. The van der Waals surface area contributed by atoms with Gasteiger partial charge in [0.25, 0.3) is 0 Å². The number of hydroxylamine groups is 1. The Morgan fingerprint density at radius 1 is 1.15 bits per heavy atom. The molecule has 0 saturated heterocycles. The molecule has 0 aliphatic rings. The number of nitrogens with zero attached hydrogens (tertiary/aromatic N) is 1. The number of carbonyl (C=O) groups excluding carboxylic acids is 1. The zero-order valence-corrected chi connectivity index (χ0v) is 14.3. The molecule has 0 fully saturated rings. The highest BCUT2D eigenvalue weighted by atomic mass is 35.5. The van der Waals surface area contributed by atoms with Gasteiger partial charge in [0.05, 0.1) is 27.2 Å². The maximum absolute atomic E-state index is 11.1. The van der Waals surface area contributed by atoms with Gasteiger partial charge in [0.15, 0.2) is 0 Å². The highest BCUT2D eigenvalue weighted by Gasteiger charge is 2.13. The van der Waals surface area contributed by atoms with Crippen molar-refractivity contribution in [3.63, 3.8) is 0 Å². The minimum Gasteiger partial charge on any atom is -1.00 e. The number of quaternary nitrogens is 1. The summed E-state index contributed by atoms with van der Waals surface area (Å²) in [4.78, 5) is 16.0. The molecule has 0 heterocycles. The molecule has 0 aliphatic heterocycles. The van der Waals surface area contributed by atoms with Crippen LogP contribution in [0.5, 0.6) is 0 Å². The minimum absolute atomic E-state index is 0. The molecule has 0 rings (SSSR count). The van der Waals surface area contributed by atoms with Crippen LogP contribution in [0, 0.1) is 0 Å². The van der Waals surface area contributed by atoms with Crippen molar-refractivity contribution in [2.24, 2.45) is 0 Å². The molecule has 0 radical (unpaired) electrons. The number of unbranched alkanes of at least 4 members (excludes halogenated alkanes) is 3. The first kappa shape index (κ1) is 21.7. The maximum atomic E-state index is 11.1. The third-order valence-corrected chi connectivity index (χ3v) is 3.17. The molecule has 0 spiro atoms. The van der Waals surface area contributed by atoms with Crippen molar-refractivity contribution in [3.8, 4) is 0 Å². The highest BCUT2D eigenvalue weighted by Crippen LogP contribution is 2.06. The van der Waals surface area contributed by atoms with Crippen LogP contribution in [-0.2, 0) is 9.63 Å². The van der Waals surface area contributed by atoms with Crippen LogP contribution in [0.1, 0.15) is 46.0 Å². The Bertz CT molecular complexity index is 281. The lowest BCUT2D eigenvalue weighted by Gasteiger charge is -2.29. The predicted molar refractivity (Wildman–Crippen MR) is 79.5 cm³/mol. The number of hydrogen-bond acceptors (Lipinski definition) is 3. The smallest absolute Gasteiger partial charge is 0.351 e. The van der Waals surface area contributed by atoms with Crippen molar-refractivity contribution in [1.29, 1.82) is 0 Å². The lowest BCUT2D eigenvalue weighted by atomic mass is 10.2. The van der Waals surface area contributed by atoms with Gasteiger partial charge in [-0.05, 0) is 19.8 Å². The van der Waals surface area contributed by atoms with Gasteiger partial charge in [0.2, 0.25) is 0 Å². The lowest BCUT2D eigenvalue weighted by Crippen LogP contribution is -3.00. The van der Waals surface area contributed by atoms with Crippen LogP contribution in [0.4, 0.5) is 0 Å². The second-order valence-electron chi connectivity index (χ2n) is 5.86. The second-order valence-corrected chi connectivity index (χ2v) is 5.86. The number of hydrogen-bond donors (Lipinski definition) is 1. The van der Waals surface area contributed by atoms with E-state index in [1.54, 1.807) is 6.92 Å². The summed E-state index contributed by atoms with van der Waals surface area (Å²) in [5.74, 6) is -0.381. The Labute approximate surface area is 130 Å². The van der Waals surface area contributed by atoms with Gasteiger partial charge in [-0.1, -0.05) is 26.3 Å². The fourth-order valence-corrected chi connectivity index (χ4v) is 1.86. The van der Waals surface area contributed by atoms with Gasteiger partial charge >= 0.3 is 5.97 Å². The first-order chi connectivity index (χ1) is 8.89. The Morgan fingerprint density at radius 3 is 2.30 bits per heavy atom. The average molecular weight is 307 g/mol. The molecule has 0 bridgehead atoms.